The molecule has 96 valence electrons. The number of hydrogen-bond donors (Lipinski definition) is 2. The Kier molecular flexibility index (Phi) is 5.15. The van der Waals surface area contributed by atoms with Crippen LogP contribution in [0.4, 0.5) is 0 Å². The molecule has 0 saturated heterocycles. The highest BCUT2D eigenvalue weighted by molar-refractivity contribution is 5.93. The molecule has 0 aromatic carbocycles. The molecule has 0 atom stereocenters. The van der Waals surface area contributed by atoms with Gasteiger partial charge in [0.05, 0.1) is 0 Å². The maximum Gasteiger partial charge on any atom is 0.271 e. The minimum Gasteiger partial charge on any atom is -0.354 e. The number of aromatic nitrogens is 2. The molecule has 0 aliphatic carbocycles. The Morgan fingerprint density at radius 2 is 2.18 bits per heavy atom. The van der Waals surface area contributed by atoms with Gasteiger partial charge in [-0.15, -0.1) is 0 Å². The molecule has 17 heavy (non-hydrogen) atoms. The van der Waals surface area contributed by atoms with Crippen molar-refractivity contribution in [3.8, 4) is 0 Å². The number of hydrogen-bond acceptors (Lipinski definition) is 3. The van der Waals surface area contributed by atoms with Gasteiger partial charge in [0.25, 0.3) is 5.91 Å². The molecule has 2 heterocycles. The number of nitrogens with zero attached hydrogens (tertiary/aromatic N) is 2. The number of H-pyrrole nitrogens is 1. The minimum absolute atomic E-state index is 0.109. The molecule has 5 nitrogen and oxygen atoms in total. The van der Waals surface area contributed by atoms with Crippen LogP contribution < -0.4 is 5.32 Å². The fourth-order valence-electron chi connectivity index (χ4n) is 1.96. The van der Waals surface area contributed by atoms with Crippen molar-refractivity contribution < 1.29 is 4.79 Å². The summed E-state index contributed by atoms with van der Waals surface area (Å²) in [5, 5.41) is 9.66. The molecule has 5 heteroatoms. The Morgan fingerprint density at radius 3 is 2.82 bits per heavy atom. The summed E-state index contributed by atoms with van der Waals surface area (Å²) in [5.41, 5.74) is 2.70. The van der Waals surface area contributed by atoms with Crippen LogP contribution in [0.3, 0.4) is 0 Å². The van der Waals surface area contributed by atoms with E-state index in [-0.39, 0.29) is 5.91 Å². The molecule has 0 unspecified atom stereocenters. The van der Waals surface area contributed by atoms with Gasteiger partial charge >= 0.3 is 0 Å². The standard InChI is InChI=1S/C10H16N4O.C2H6/c1-11-10(15)9-7-6-14(2)5-3-4-8(7)12-13-9;1-2/h3-6H2,1-2H3,(H,11,15)(H,12,13);1-2H3. The normalized spacial score (nSPS) is 15.3. The molecule has 1 aromatic rings. The topological polar surface area (TPSA) is 61.0 Å². The zero-order chi connectivity index (χ0) is 12.8. The number of carbonyl (C=O) groups is 1. The fraction of sp³-hybridized carbons (Fsp3) is 0.667. The van der Waals surface area contributed by atoms with E-state index < -0.39 is 0 Å². The van der Waals surface area contributed by atoms with Crippen molar-refractivity contribution in [2.24, 2.45) is 0 Å². The molecule has 0 fully saturated rings. The van der Waals surface area contributed by atoms with Crippen LogP contribution >= 0.6 is 0 Å². The second-order valence-electron chi connectivity index (χ2n) is 3.95. The maximum atomic E-state index is 11.6. The zero-order valence-electron chi connectivity index (χ0n) is 11.1. The molecule has 1 aliphatic rings. The summed E-state index contributed by atoms with van der Waals surface area (Å²) in [5.74, 6) is -0.109. The minimum atomic E-state index is -0.109. The van der Waals surface area contributed by atoms with E-state index >= 15 is 0 Å². The van der Waals surface area contributed by atoms with Crippen molar-refractivity contribution in [1.29, 1.82) is 0 Å². The second kappa shape index (κ2) is 6.39. The van der Waals surface area contributed by atoms with Gasteiger partial charge in [-0.25, -0.2) is 0 Å². The average Bonchev–Trinajstić information content (AvgIpc) is 2.65. The number of aryl methyl sites for hydroxylation is 1. The lowest BCUT2D eigenvalue weighted by Crippen LogP contribution is -2.23. The predicted molar refractivity (Wildman–Crippen MR) is 68.0 cm³/mol. The summed E-state index contributed by atoms with van der Waals surface area (Å²) in [6.45, 7) is 5.87. The molecule has 1 aliphatic heterocycles. The summed E-state index contributed by atoms with van der Waals surface area (Å²) < 4.78 is 0. The number of fused-ring (bicyclic) bond motifs is 1. The summed E-state index contributed by atoms with van der Waals surface area (Å²) in [6.07, 6.45) is 2.09. The van der Waals surface area contributed by atoms with Crippen LogP contribution in [0.2, 0.25) is 0 Å². The Bertz CT molecular complexity index is 373. The van der Waals surface area contributed by atoms with Crippen LogP contribution in [-0.2, 0) is 13.0 Å². The molecule has 0 radical (unpaired) electrons. The van der Waals surface area contributed by atoms with Crippen molar-refractivity contribution >= 4 is 5.91 Å². The zero-order valence-corrected chi connectivity index (χ0v) is 11.1. The van der Waals surface area contributed by atoms with Crippen molar-refractivity contribution in [3.63, 3.8) is 0 Å². The number of amides is 1. The van der Waals surface area contributed by atoms with Crippen LogP contribution in [-0.4, -0.2) is 41.6 Å². The van der Waals surface area contributed by atoms with E-state index in [2.05, 4.69) is 27.5 Å². The third-order valence-corrected chi connectivity index (χ3v) is 2.79. The Labute approximate surface area is 103 Å². The molecule has 0 spiro atoms. The average molecular weight is 238 g/mol. The Hall–Kier alpha value is -1.36. The van der Waals surface area contributed by atoms with Gasteiger partial charge in [0, 0.05) is 24.8 Å². The van der Waals surface area contributed by atoms with Crippen LogP contribution in [0.25, 0.3) is 0 Å². The molecular formula is C12H22N4O. The van der Waals surface area contributed by atoms with E-state index in [1.54, 1.807) is 7.05 Å². The highest BCUT2D eigenvalue weighted by atomic mass is 16.1. The van der Waals surface area contributed by atoms with E-state index in [9.17, 15) is 4.79 Å². The van der Waals surface area contributed by atoms with Crippen LogP contribution in [0.5, 0.6) is 0 Å². The summed E-state index contributed by atoms with van der Waals surface area (Å²) in [6, 6.07) is 0. The maximum absolute atomic E-state index is 11.6. The van der Waals surface area contributed by atoms with Gasteiger partial charge in [-0.3, -0.25) is 9.89 Å². The molecule has 0 saturated carbocycles. The monoisotopic (exact) mass is 238 g/mol. The first-order chi connectivity index (χ1) is 8.22. The predicted octanol–water partition coefficient (Wildman–Crippen LogP) is 1.17. The first kappa shape index (κ1) is 13.7. The van der Waals surface area contributed by atoms with Crippen LogP contribution in [0.15, 0.2) is 0 Å². The SMILES string of the molecule is CC.CNC(=O)c1n[nH]c2c1CN(C)CCC2. The van der Waals surface area contributed by atoms with Gasteiger partial charge in [-0.1, -0.05) is 13.8 Å². The number of carbonyl (C=O) groups excluding carboxylic acids is 1. The second-order valence-corrected chi connectivity index (χ2v) is 3.95. The molecule has 2 rings (SSSR count). The number of rotatable bonds is 1. The van der Waals surface area contributed by atoms with Gasteiger partial charge in [-0.05, 0) is 26.4 Å². The molecule has 2 N–H and O–H groups in total. The van der Waals surface area contributed by atoms with Crippen molar-refractivity contribution in [2.75, 3.05) is 20.6 Å². The summed E-state index contributed by atoms with van der Waals surface area (Å²) in [7, 11) is 3.69. The van der Waals surface area contributed by atoms with Crippen molar-refractivity contribution in [3.05, 3.63) is 17.0 Å². The summed E-state index contributed by atoms with van der Waals surface area (Å²) >= 11 is 0. The van der Waals surface area contributed by atoms with Gasteiger partial charge in [0.2, 0.25) is 0 Å². The van der Waals surface area contributed by atoms with Gasteiger partial charge in [-0.2, -0.15) is 5.10 Å². The molecular weight excluding hydrogens is 216 g/mol. The highest BCUT2D eigenvalue weighted by Gasteiger charge is 2.21. The van der Waals surface area contributed by atoms with E-state index in [4.69, 9.17) is 0 Å². The third-order valence-electron chi connectivity index (χ3n) is 2.79. The van der Waals surface area contributed by atoms with E-state index in [0.717, 1.165) is 37.2 Å². The van der Waals surface area contributed by atoms with Gasteiger partial charge in [0.15, 0.2) is 5.69 Å². The van der Waals surface area contributed by atoms with Gasteiger partial charge < -0.3 is 10.2 Å². The van der Waals surface area contributed by atoms with Crippen LogP contribution in [0.1, 0.15) is 42.0 Å². The smallest absolute Gasteiger partial charge is 0.271 e. The Balaban J connectivity index is 0.000000686. The lowest BCUT2D eigenvalue weighted by Gasteiger charge is -2.12. The molecule has 0 bridgehead atoms. The van der Waals surface area contributed by atoms with E-state index in [1.165, 1.54) is 0 Å². The van der Waals surface area contributed by atoms with E-state index in [0.29, 0.717) is 5.69 Å². The fourth-order valence-corrected chi connectivity index (χ4v) is 1.96. The Morgan fingerprint density at radius 1 is 1.47 bits per heavy atom. The molecule has 1 amide bonds. The van der Waals surface area contributed by atoms with Crippen molar-refractivity contribution in [1.82, 2.24) is 20.4 Å². The van der Waals surface area contributed by atoms with Crippen LogP contribution in [0, 0.1) is 0 Å². The van der Waals surface area contributed by atoms with E-state index in [1.807, 2.05) is 13.8 Å². The van der Waals surface area contributed by atoms with Crippen molar-refractivity contribution in [2.45, 2.75) is 33.2 Å². The number of nitrogens with one attached hydrogen (secondary N) is 2. The lowest BCUT2D eigenvalue weighted by molar-refractivity contribution is 0.0956. The highest BCUT2D eigenvalue weighted by Crippen LogP contribution is 2.18. The van der Waals surface area contributed by atoms with Gasteiger partial charge in [0.1, 0.15) is 0 Å². The molecule has 1 aromatic heterocycles. The first-order valence-electron chi connectivity index (χ1n) is 6.19. The quantitative estimate of drug-likeness (QED) is 0.772. The first-order valence-corrected chi connectivity index (χ1v) is 6.19. The lowest BCUT2D eigenvalue weighted by atomic mass is 10.1. The number of aromatic amines is 1. The summed E-state index contributed by atoms with van der Waals surface area (Å²) in [4.78, 5) is 13.8. The largest absolute Gasteiger partial charge is 0.354 e. The third kappa shape index (κ3) is 3.06.